The zero-order valence-corrected chi connectivity index (χ0v) is 17.7. The number of nitrogens with zero attached hydrogens (tertiary/aromatic N) is 2. The third kappa shape index (κ3) is 5.07. The van der Waals surface area contributed by atoms with Crippen LogP contribution in [-0.4, -0.2) is 70.0 Å². The summed E-state index contributed by atoms with van der Waals surface area (Å²) in [5, 5.41) is 13.0. The maximum atomic E-state index is 12.5. The molecule has 8 nitrogen and oxygen atoms in total. The third-order valence-corrected chi connectivity index (χ3v) is 5.22. The van der Waals surface area contributed by atoms with Gasteiger partial charge in [0.25, 0.3) is 0 Å². The highest BCUT2D eigenvalue weighted by Crippen LogP contribution is 2.34. The van der Waals surface area contributed by atoms with Crippen molar-refractivity contribution in [3.63, 3.8) is 0 Å². The number of methoxy groups -OCH3 is 3. The minimum Gasteiger partial charge on any atom is -0.506 e. The molecule has 3 rings (SSSR count). The van der Waals surface area contributed by atoms with Crippen LogP contribution in [-0.2, 0) is 11.3 Å². The van der Waals surface area contributed by atoms with E-state index in [2.05, 4.69) is 15.1 Å². The van der Waals surface area contributed by atoms with Crippen LogP contribution in [0.4, 0.5) is 5.69 Å². The Balaban J connectivity index is 1.52. The Labute approximate surface area is 176 Å². The Bertz CT molecular complexity index is 866. The number of carbonyl (C=O) groups is 1. The Kier molecular flexibility index (Phi) is 7.24. The van der Waals surface area contributed by atoms with E-state index < -0.39 is 0 Å². The number of benzene rings is 2. The van der Waals surface area contributed by atoms with Crippen LogP contribution >= 0.6 is 0 Å². The molecule has 30 heavy (non-hydrogen) atoms. The van der Waals surface area contributed by atoms with Gasteiger partial charge in [-0.1, -0.05) is 12.1 Å². The zero-order chi connectivity index (χ0) is 21.5. The van der Waals surface area contributed by atoms with E-state index in [0.717, 1.165) is 37.4 Å². The molecule has 1 heterocycles. The van der Waals surface area contributed by atoms with E-state index in [-0.39, 0.29) is 11.7 Å². The molecule has 0 atom stereocenters. The van der Waals surface area contributed by atoms with Gasteiger partial charge >= 0.3 is 0 Å². The molecule has 1 amide bonds. The van der Waals surface area contributed by atoms with Crippen LogP contribution in [0.3, 0.4) is 0 Å². The fourth-order valence-electron chi connectivity index (χ4n) is 3.56. The van der Waals surface area contributed by atoms with Gasteiger partial charge in [-0.15, -0.1) is 0 Å². The van der Waals surface area contributed by atoms with Crippen molar-refractivity contribution < 1.29 is 24.1 Å². The molecule has 1 fully saturated rings. The summed E-state index contributed by atoms with van der Waals surface area (Å²) in [5.74, 6) is 2.02. The van der Waals surface area contributed by atoms with Gasteiger partial charge in [-0.25, -0.2) is 0 Å². The van der Waals surface area contributed by atoms with Gasteiger partial charge in [0.1, 0.15) is 11.5 Å². The summed E-state index contributed by atoms with van der Waals surface area (Å²) in [6, 6.07) is 10.9. The van der Waals surface area contributed by atoms with Gasteiger partial charge in [0, 0.05) is 44.4 Å². The van der Waals surface area contributed by atoms with Crippen molar-refractivity contribution in [2.75, 3.05) is 59.0 Å². The average Bonchev–Trinajstić information content (AvgIpc) is 2.78. The first kappa shape index (κ1) is 21.6. The lowest BCUT2D eigenvalue weighted by Crippen LogP contribution is -2.49. The standard InChI is InChI=1S/C22H29N3O5/c1-28-19-13-21(30-3)20(29-2)12-16(19)14-23-22(27)15-24-8-10-25(11-9-24)17-6-4-5-7-18(17)26/h4-7,12-13,26H,8-11,14-15H2,1-3H3,(H,23,27). The highest BCUT2D eigenvalue weighted by Gasteiger charge is 2.21. The van der Waals surface area contributed by atoms with Crippen molar-refractivity contribution in [1.82, 2.24) is 10.2 Å². The first-order valence-electron chi connectivity index (χ1n) is 9.86. The van der Waals surface area contributed by atoms with Gasteiger partial charge in [0.05, 0.1) is 33.6 Å². The molecule has 2 aromatic carbocycles. The number of rotatable bonds is 8. The van der Waals surface area contributed by atoms with E-state index in [1.165, 1.54) is 0 Å². The molecular weight excluding hydrogens is 386 g/mol. The summed E-state index contributed by atoms with van der Waals surface area (Å²) < 4.78 is 16.0. The molecule has 0 spiro atoms. The number of ether oxygens (including phenoxy) is 3. The molecule has 162 valence electrons. The second-order valence-electron chi connectivity index (χ2n) is 7.05. The summed E-state index contributed by atoms with van der Waals surface area (Å²) >= 11 is 0. The summed E-state index contributed by atoms with van der Waals surface area (Å²) in [4.78, 5) is 16.7. The van der Waals surface area contributed by atoms with E-state index in [1.54, 1.807) is 33.5 Å². The van der Waals surface area contributed by atoms with Crippen LogP contribution in [0, 0.1) is 0 Å². The number of nitrogens with one attached hydrogen (secondary N) is 1. The lowest BCUT2D eigenvalue weighted by molar-refractivity contribution is -0.122. The van der Waals surface area contributed by atoms with Crippen molar-refractivity contribution >= 4 is 11.6 Å². The summed E-state index contributed by atoms with van der Waals surface area (Å²) in [6.07, 6.45) is 0. The minimum absolute atomic E-state index is 0.0529. The van der Waals surface area contributed by atoms with Gasteiger partial charge in [-0.2, -0.15) is 0 Å². The third-order valence-electron chi connectivity index (χ3n) is 5.22. The monoisotopic (exact) mass is 415 g/mol. The maximum absolute atomic E-state index is 12.5. The van der Waals surface area contributed by atoms with Crippen LogP contribution < -0.4 is 24.4 Å². The molecule has 0 saturated carbocycles. The summed E-state index contributed by atoms with van der Waals surface area (Å²) in [7, 11) is 4.72. The van der Waals surface area contributed by atoms with Crippen molar-refractivity contribution in [2.45, 2.75) is 6.54 Å². The summed E-state index contributed by atoms with van der Waals surface area (Å²) in [6.45, 7) is 3.68. The number of hydrogen-bond donors (Lipinski definition) is 2. The second-order valence-corrected chi connectivity index (χ2v) is 7.05. The van der Waals surface area contributed by atoms with E-state index in [4.69, 9.17) is 14.2 Å². The predicted octanol–water partition coefficient (Wildman–Crippen LogP) is 1.86. The Morgan fingerprint density at radius 3 is 2.23 bits per heavy atom. The van der Waals surface area contributed by atoms with Crippen LogP contribution in [0.5, 0.6) is 23.0 Å². The van der Waals surface area contributed by atoms with Crippen molar-refractivity contribution in [3.8, 4) is 23.0 Å². The number of anilines is 1. The average molecular weight is 415 g/mol. The molecule has 0 unspecified atom stereocenters. The van der Waals surface area contributed by atoms with Crippen LogP contribution in [0.15, 0.2) is 36.4 Å². The van der Waals surface area contributed by atoms with Gasteiger partial charge in [-0.3, -0.25) is 9.69 Å². The number of amides is 1. The van der Waals surface area contributed by atoms with Gasteiger partial charge < -0.3 is 29.5 Å². The SMILES string of the molecule is COc1cc(OC)c(OC)cc1CNC(=O)CN1CCN(c2ccccc2O)CC1. The molecule has 8 heteroatoms. The lowest BCUT2D eigenvalue weighted by Gasteiger charge is -2.35. The molecule has 2 N–H and O–H groups in total. The number of para-hydroxylation sites is 2. The molecule has 1 saturated heterocycles. The first-order valence-corrected chi connectivity index (χ1v) is 9.86. The van der Waals surface area contributed by atoms with Gasteiger partial charge in [0.15, 0.2) is 11.5 Å². The van der Waals surface area contributed by atoms with Gasteiger partial charge in [0.2, 0.25) is 5.91 Å². The van der Waals surface area contributed by atoms with Crippen LogP contribution in [0.1, 0.15) is 5.56 Å². The Hall–Kier alpha value is -3.13. The molecule has 1 aliphatic heterocycles. The number of phenolic OH excluding ortho intramolecular Hbond substituents is 1. The first-order chi connectivity index (χ1) is 14.5. The molecular formula is C22H29N3O5. The van der Waals surface area contributed by atoms with E-state index in [1.807, 2.05) is 24.3 Å². The lowest BCUT2D eigenvalue weighted by atomic mass is 10.1. The van der Waals surface area contributed by atoms with Crippen LogP contribution in [0.2, 0.25) is 0 Å². The molecule has 2 aromatic rings. The maximum Gasteiger partial charge on any atom is 0.234 e. The number of aromatic hydroxyl groups is 1. The molecule has 1 aliphatic rings. The second kappa shape index (κ2) is 10.1. The molecule has 0 radical (unpaired) electrons. The number of hydrogen-bond acceptors (Lipinski definition) is 7. The number of carbonyl (C=O) groups excluding carboxylic acids is 1. The van der Waals surface area contributed by atoms with E-state index >= 15 is 0 Å². The fourth-order valence-corrected chi connectivity index (χ4v) is 3.56. The quantitative estimate of drug-likeness (QED) is 0.681. The zero-order valence-electron chi connectivity index (χ0n) is 17.7. The largest absolute Gasteiger partial charge is 0.506 e. The normalized spacial score (nSPS) is 14.3. The minimum atomic E-state index is -0.0529. The smallest absolute Gasteiger partial charge is 0.234 e. The molecule has 0 bridgehead atoms. The van der Waals surface area contributed by atoms with Crippen molar-refractivity contribution in [3.05, 3.63) is 42.0 Å². The highest BCUT2D eigenvalue weighted by molar-refractivity contribution is 5.78. The predicted molar refractivity (Wildman–Crippen MR) is 115 cm³/mol. The van der Waals surface area contributed by atoms with Crippen molar-refractivity contribution in [2.24, 2.45) is 0 Å². The van der Waals surface area contributed by atoms with Crippen LogP contribution in [0.25, 0.3) is 0 Å². The topological polar surface area (TPSA) is 83.5 Å². The molecule has 0 aliphatic carbocycles. The number of piperazine rings is 1. The Morgan fingerprint density at radius 1 is 0.967 bits per heavy atom. The number of phenols is 1. The fraction of sp³-hybridized carbons (Fsp3) is 0.409. The Morgan fingerprint density at radius 2 is 1.60 bits per heavy atom. The summed E-state index contributed by atoms with van der Waals surface area (Å²) in [5.41, 5.74) is 1.65. The van der Waals surface area contributed by atoms with E-state index in [9.17, 15) is 9.90 Å². The highest BCUT2D eigenvalue weighted by atomic mass is 16.5. The van der Waals surface area contributed by atoms with Gasteiger partial charge in [-0.05, 0) is 18.2 Å². The molecule has 0 aromatic heterocycles. The van der Waals surface area contributed by atoms with E-state index in [0.29, 0.717) is 30.3 Å². The van der Waals surface area contributed by atoms with Crippen molar-refractivity contribution in [1.29, 1.82) is 0 Å².